The molecule has 0 saturated heterocycles. The molecule has 0 bridgehead atoms. The molecule has 2 aliphatic rings. The Hall–Kier alpha value is -4.55. The molecule has 0 saturated carbocycles. The van der Waals surface area contributed by atoms with E-state index in [1.54, 1.807) is 6.08 Å². The zero-order chi connectivity index (χ0) is 25.7. The van der Waals surface area contributed by atoms with Gasteiger partial charge in [-0.05, 0) is 73.0 Å². The van der Waals surface area contributed by atoms with Gasteiger partial charge in [-0.25, -0.2) is 4.99 Å². The van der Waals surface area contributed by atoms with Crippen LogP contribution in [-0.2, 0) is 0 Å². The fraction of sp³-hybridized carbons (Fsp3) is 0.0645. The van der Waals surface area contributed by atoms with Crippen LogP contribution in [0.4, 0.5) is 16.4 Å². The van der Waals surface area contributed by atoms with E-state index in [-0.39, 0.29) is 17.1 Å². The zero-order valence-corrected chi connectivity index (χ0v) is 21.3. The Bertz CT molecular complexity index is 1670. The molecular weight excluding hydrogens is 478 g/mol. The molecule has 0 unspecified atom stereocenters. The van der Waals surface area contributed by atoms with E-state index in [2.05, 4.69) is 27.6 Å². The predicted molar refractivity (Wildman–Crippen MR) is 153 cm³/mol. The van der Waals surface area contributed by atoms with Gasteiger partial charge in [-0.3, -0.25) is 14.5 Å². The number of likely N-dealkylation sites (N-methyl/N-ethyl adjacent to an activating group) is 1. The van der Waals surface area contributed by atoms with E-state index < -0.39 is 0 Å². The molecule has 6 heteroatoms. The molecule has 1 aromatic heterocycles. The molecule has 37 heavy (non-hydrogen) atoms. The number of carbonyl (C=O) groups is 2. The highest BCUT2D eigenvalue weighted by atomic mass is 32.1. The molecule has 0 fully saturated rings. The number of para-hydroxylation sites is 2. The summed E-state index contributed by atoms with van der Waals surface area (Å²) in [6.45, 7) is 5.82. The largest absolute Gasteiger partial charge is 0.340 e. The van der Waals surface area contributed by atoms with Gasteiger partial charge < -0.3 is 4.90 Å². The topological polar surface area (TPSA) is 53.0 Å². The third-order valence-electron chi connectivity index (χ3n) is 6.74. The smallest absolute Gasteiger partial charge is 0.197 e. The van der Waals surface area contributed by atoms with Crippen LogP contribution in [0, 0.1) is 0 Å². The average Bonchev–Trinajstić information content (AvgIpc) is 3.47. The minimum Gasteiger partial charge on any atom is -0.340 e. The highest BCUT2D eigenvalue weighted by molar-refractivity contribution is 7.17. The summed E-state index contributed by atoms with van der Waals surface area (Å²) in [6, 6.07) is 23.5. The minimum atomic E-state index is -0.227. The maximum atomic E-state index is 13.2. The van der Waals surface area contributed by atoms with E-state index >= 15 is 0 Å². The summed E-state index contributed by atoms with van der Waals surface area (Å²) >= 11 is 1.50. The number of ketones is 2. The highest BCUT2D eigenvalue weighted by Crippen LogP contribution is 2.46. The first-order valence-electron chi connectivity index (χ1n) is 11.9. The maximum Gasteiger partial charge on any atom is 0.197 e. The van der Waals surface area contributed by atoms with Gasteiger partial charge in [0.05, 0.1) is 22.6 Å². The first kappa shape index (κ1) is 22.9. The van der Waals surface area contributed by atoms with E-state index in [0.29, 0.717) is 16.9 Å². The predicted octanol–water partition coefficient (Wildman–Crippen LogP) is 7.40. The Labute approximate surface area is 219 Å². The summed E-state index contributed by atoms with van der Waals surface area (Å²) in [4.78, 5) is 35.9. The van der Waals surface area contributed by atoms with E-state index in [4.69, 9.17) is 0 Å². The molecular formula is C31H23N3O2S. The van der Waals surface area contributed by atoms with E-state index in [0.717, 1.165) is 37.7 Å². The quantitative estimate of drug-likeness (QED) is 0.166. The first-order chi connectivity index (χ1) is 18.0. The van der Waals surface area contributed by atoms with Crippen LogP contribution in [0.25, 0.3) is 16.8 Å². The van der Waals surface area contributed by atoms with Crippen molar-refractivity contribution in [2.75, 3.05) is 16.8 Å². The van der Waals surface area contributed by atoms with Crippen molar-refractivity contribution in [3.63, 3.8) is 0 Å². The molecule has 2 heterocycles. The van der Waals surface area contributed by atoms with Crippen molar-refractivity contribution in [1.29, 1.82) is 0 Å². The van der Waals surface area contributed by atoms with Crippen molar-refractivity contribution < 1.29 is 9.59 Å². The number of nitrogens with zero attached hydrogens (tertiary/aromatic N) is 3. The summed E-state index contributed by atoms with van der Waals surface area (Å²) in [7, 11) is 2.01. The molecule has 6 rings (SSSR count). The van der Waals surface area contributed by atoms with Crippen LogP contribution >= 0.6 is 11.3 Å². The number of Topliss-reactive ketones (excluding diaryl/α,β-unsaturated/α-hetero) is 2. The molecule has 1 aliphatic heterocycles. The standard InChI is InChI=1S/C31H23N3O2S/c1-4-9-27-31(32-2)34(26-13-8-7-12-25(26)33(27)3)28-15-14-21(37-28)18-24-29(35)22-16-19-10-5-6-11-20(19)17-23(22)30(24)36/h4-18H,2H2,1,3H3/b9-4-. The van der Waals surface area contributed by atoms with E-state index in [1.807, 2.05) is 92.9 Å². The van der Waals surface area contributed by atoms with Crippen molar-refractivity contribution in [2.45, 2.75) is 6.92 Å². The van der Waals surface area contributed by atoms with Crippen LogP contribution < -0.4 is 9.80 Å². The SMILES string of the molecule is C=NC1=C(/C=C\C)N(C)c2ccccc2N1c1ccc(C=C2C(=O)c3cc4ccccc4cc3C2=O)s1. The number of anilines is 3. The summed E-state index contributed by atoms with van der Waals surface area (Å²) in [6.07, 6.45) is 5.70. The van der Waals surface area contributed by atoms with Crippen LogP contribution in [0.5, 0.6) is 0 Å². The lowest BCUT2D eigenvalue weighted by molar-refractivity contribution is 0.0990. The average molecular weight is 502 g/mol. The maximum absolute atomic E-state index is 13.2. The van der Waals surface area contributed by atoms with Crippen molar-refractivity contribution >= 4 is 62.8 Å². The Morgan fingerprint density at radius 1 is 0.865 bits per heavy atom. The monoisotopic (exact) mass is 501 g/mol. The third kappa shape index (κ3) is 3.57. The van der Waals surface area contributed by atoms with E-state index in [1.165, 1.54) is 11.3 Å². The van der Waals surface area contributed by atoms with Gasteiger partial charge in [0.2, 0.25) is 0 Å². The second kappa shape index (κ2) is 8.84. The Kier molecular flexibility index (Phi) is 5.46. The number of carbonyl (C=O) groups excluding carboxylic acids is 2. The molecule has 0 radical (unpaired) electrons. The van der Waals surface area contributed by atoms with Gasteiger partial charge in [-0.2, -0.15) is 0 Å². The molecule has 180 valence electrons. The molecule has 4 aromatic rings. The number of allylic oxidation sites excluding steroid dienone is 3. The number of thiophene rings is 1. The van der Waals surface area contributed by atoms with Crippen molar-refractivity contribution in [3.05, 3.63) is 118 Å². The van der Waals surface area contributed by atoms with Gasteiger partial charge in [-0.1, -0.05) is 42.5 Å². The zero-order valence-electron chi connectivity index (χ0n) is 20.4. The Morgan fingerprint density at radius 3 is 2.11 bits per heavy atom. The van der Waals surface area contributed by atoms with Gasteiger partial charge in [-0.15, -0.1) is 11.3 Å². The summed E-state index contributed by atoms with van der Waals surface area (Å²) < 4.78 is 0. The van der Waals surface area contributed by atoms with Crippen LogP contribution in [-0.4, -0.2) is 25.3 Å². The lowest BCUT2D eigenvalue weighted by atomic mass is 10.0. The van der Waals surface area contributed by atoms with E-state index in [9.17, 15) is 9.59 Å². The molecule has 3 aromatic carbocycles. The van der Waals surface area contributed by atoms with Crippen LogP contribution in [0.2, 0.25) is 0 Å². The number of aliphatic imine (C=N–C) groups is 1. The fourth-order valence-electron chi connectivity index (χ4n) is 4.99. The number of rotatable bonds is 4. The third-order valence-corrected chi connectivity index (χ3v) is 7.76. The first-order valence-corrected chi connectivity index (χ1v) is 12.7. The Balaban J connectivity index is 1.42. The van der Waals surface area contributed by atoms with Crippen LogP contribution in [0.1, 0.15) is 32.5 Å². The number of fused-ring (bicyclic) bond motifs is 3. The lowest BCUT2D eigenvalue weighted by Crippen LogP contribution is -2.30. The van der Waals surface area contributed by atoms with Crippen molar-refractivity contribution in [3.8, 4) is 0 Å². The molecule has 0 N–H and O–H groups in total. The summed E-state index contributed by atoms with van der Waals surface area (Å²) in [5.74, 6) is 0.260. The molecule has 0 spiro atoms. The highest BCUT2D eigenvalue weighted by Gasteiger charge is 2.34. The lowest BCUT2D eigenvalue weighted by Gasteiger charge is -2.37. The van der Waals surface area contributed by atoms with Gasteiger partial charge in [0.15, 0.2) is 17.4 Å². The molecule has 0 atom stereocenters. The number of benzene rings is 3. The second-order valence-electron chi connectivity index (χ2n) is 8.89. The normalized spacial score (nSPS) is 15.1. The Morgan fingerprint density at radius 2 is 1.49 bits per heavy atom. The summed E-state index contributed by atoms with van der Waals surface area (Å²) in [5, 5.41) is 2.81. The second-order valence-corrected chi connectivity index (χ2v) is 9.98. The number of hydrogen-bond donors (Lipinski definition) is 0. The van der Waals surface area contributed by atoms with Crippen LogP contribution in [0.3, 0.4) is 0 Å². The molecule has 1 aliphatic carbocycles. The number of hydrogen-bond acceptors (Lipinski definition) is 6. The molecule has 5 nitrogen and oxygen atoms in total. The van der Waals surface area contributed by atoms with Crippen molar-refractivity contribution in [2.24, 2.45) is 4.99 Å². The van der Waals surface area contributed by atoms with Crippen molar-refractivity contribution in [1.82, 2.24) is 0 Å². The van der Waals surface area contributed by atoms with Gasteiger partial charge in [0, 0.05) is 23.1 Å². The molecule has 0 amide bonds. The fourth-order valence-corrected chi connectivity index (χ4v) is 5.95. The van der Waals surface area contributed by atoms with Crippen LogP contribution in [0.15, 0.2) is 107 Å². The summed E-state index contributed by atoms with van der Waals surface area (Å²) in [5.41, 5.74) is 4.08. The van der Waals surface area contributed by atoms with Gasteiger partial charge in [0.25, 0.3) is 0 Å². The van der Waals surface area contributed by atoms with Gasteiger partial charge >= 0.3 is 0 Å². The minimum absolute atomic E-state index is 0.199. The van der Waals surface area contributed by atoms with Gasteiger partial charge in [0.1, 0.15) is 5.00 Å².